The predicted molar refractivity (Wildman–Crippen MR) is 118 cm³/mol. The van der Waals surface area contributed by atoms with E-state index in [1.54, 1.807) is 55.4 Å². The van der Waals surface area contributed by atoms with Crippen molar-refractivity contribution in [3.8, 4) is 0 Å². The minimum absolute atomic E-state index is 0.141. The Labute approximate surface area is 197 Å². The summed E-state index contributed by atoms with van der Waals surface area (Å²) in [4.78, 5) is 19.4. The second-order valence-electron chi connectivity index (χ2n) is 7.48. The van der Waals surface area contributed by atoms with E-state index in [1.165, 1.54) is 14.2 Å². The molecule has 12 nitrogen and oxygen atoms in total. The molecular weight excluding hydrogens is 463 g/mol. The molecule has 0 amide bonds. The van der Waals surface area contributed by atoms with Gasteiger partial charge in [0.1, 0.15) is 6.10 Å². The first-order chi connectivity index (χ1) is 15.2. The van der Waals surface area contributed by atoms with E-state index in [1.807, 2.05) is 0 Å². The fraction of sp³-hybridized carbons (Fsp3) is 1.00. The van der Waals surface area contributed by atoms with E-state index in [2.05, 4.69) is 0 Å². The van der Waals surface area contributed by atoms with E-state index in [9.17, 15) is 14.4 Å². The van der Waals surface area contributed by atoms with Crippen LogP contribution >= 0.6 is 7.82 Å². The van der Waals surface area contributed by atoms with Gasteiger partial charge in [-0.3, -0.25) is 4.52 Å². The molecular formula is C20H43O12P. The van der Waals surface area contributed by atoms with Crippen LogP contribution in [-0.2, 0) is 47.0 Å². The Morgan fingerprint density at radius 3 is 1.67 bits per heavy atom. The normalized spacial score (nSPS) is 21.0. The summed E-state index contributed by atoms with van der Waals surface area (Å²) in [6.45, 7) is 13.5. The van der Waals surface area contributed by atoms with Crippen molar-refractivity contribution in [2.75, 3.05) is 20.8 Å². The lowest BCUT2D eigenvalue weighted by molar-refractivity contribution is -0.347. The number of rotatable bonds is 19. The molecule has 200 valence electrons. The third kappa shape index (κ3) is 14.1. The number of phosphoric ester groups is 1. The standard InChI is InChI=1S/C20H43O12P/c1-11-26-17(6)31-20(32-33(21,22)23,14(3)28-19(8)30-16(5)25-10)12-13(2)27-18(7)29-15(4)24-9/h13-19H,11-12H2,1-10H3,(H2,21,22,23). The maximum Gasteiger partial charge on any atom is 0.472 e. The fourth-order valence-corrected chi connectivity index (χ4v) is 3.74. The summed E-state index contributed by atoms with van der Waals surface area (Å²) in [5.41, 5.74) is 0. The molecule has 8 unspecified atom stereocenters. The van der Waals surface area contributed by atoms with Gasteiger partial charge in [0.05, 0.1) is 6.10 Å². The topological polar surface area (TPSA) is 141 Å². The first kappa shape index (κ1) is 32.8. The van der Waals surface area contributed by atoms with Gasteiger partial charge in [0.25, 0.3) is 0 Å². The number of ether oxygens (including phenoxy) is 8. The Morgan fingerprint density at radius 1 is 0.758 bits per heavy atom. The van der Waals surface area contributed by atoms with Crippen LogP contribution in [0.5, 0.6) is 0 Å². The van der Waals surface area contributed by atoms with E-state index in [-0.39, 0.29) is 6.42 Å². The molecule has 0 radical (unpaired) electrons. The third-order valence-corrected chi connectivity index (χ3v) is 5.03. The molecule has 0 aliphatic heterocycles. The maximum atomic E-state index is 12.0. The summed E-state index contributed by atoms with van der Waals surface area (Å²) < 4.78 is 61.3. The molecule has 0 fully saturated rings. The van der Waals surface area contributed by atoms with Crippen molar-refractivity contribution >= 4 is 7.82 Å². The molecule has 0 aliphatic rings. The zero-order valence-electron chi connectivity index (χ0n) is 21.4. The van der Waals surface area contributed by atoms with E-state index < -0.39 is 57.3 Å². The molecule has 2 N–H and O–H groups in total. The first-order valence-corrected chi connectivity index (χ1v) is 12.4. The highest BCUT2D eigenvalue weighted by Gasteiger charge is 2.48. The predicted octanol–water partition coefficient (Wildman–Crippen LogP) is 3.10. The van der Waals surface area contributed by atoms with Crippen molar-refractivity contribution in [2.45, 2.75) is 111 Å². The van der Waals surface area contributed by atoms with Crippen molar-refractivity contribution in [3.63, 3.8) is 0 Å². The van der Waals surface area contributed by atoms with Crippen molar-refractivity contribution < 1.29 is 56.8 Å². The highest BCUT2D eigenvalue weighted by molar-refractivity contribution is 7.46. The first-order valence-electron chi connectivity index (χ1n) is 10.9. The zero-order chi connectivity index (χ0) is 25.8. The van der Waals surface area contributed by atoms with Crippen molar-refractivity contribution in [1.82, 2.24) is 0 Å². The van der Waals surface area contributed by atoms with Gasteiger partial charge in [-0.2, -0.15) is 0 Å². The molecule has 0 rings (SSSR count). The van der Waals surface area contributed by atoms with Crippen molar-refractivity contribution in [1.29, 1.82) is 0 Å². The molecule has 0 saturated carbocycles. The lowest BCUT2D eigenvalue weighted by atomic mass is 10.0. The summed E-state index contributed by atoms with van der Waals surface area (Å²) in [5, 5.41) is 0. The molecule has 0 aromatic rings. The van der Waals surface area contributed by atoms with Crippen LogP contribution in [0.4, 0.5) is 0 Å². The van der Waals surface area contributed by atoms with Crippen LogP contribution in [0.2, 0.25) is 0 Å². The van der Waals surface area contributed by atoms with Gasteiger partial charge in [0.2, 0.25) is 5.79 Å². The Balaban J connectivity index is 5.83. The summed E-state index contributed by atoms with van der Waals surface area (Å²) in [7, 11) is -2.07. The van der Waals surface area contributed by atoms with Crippen molar-refractivity contribution in [3.05, 3.63) is 0 Å². The SMILES string of the molecule is CCOC(C)OC(CC(C)OC(C)OC(C)OC)(OP(=O)(O)O)C(C)OC(C)OC(C)OC. The summed E-state index contributed by atoms with van der Waals surface area (Å²) in [6.07, 6.45) is -5.29. The molecule has 0 spiro atoms. The van der Waals surface area contributed by atoms with Crippen LogP contribution in [0.15, 0.2) is 0 Å². The lowest BCUT2D eigenvalue weighted by Gasteiger charge is -2.42. The minimum atomic E-state index is -5.04. The quantitative estimate of drug-likeness (QED) is 0.196. The summed E-state index contributed by atoms with van der Waals surface area (Å²) >= 11 is 0. The second-order valence-corrected chi connectivity index (χ2v) is 8.64. The third-order valence-electron chi connectivity index (χ3n) is 4.48. The van der Waals surface area contributed by atoms with E-state index >= 15 is 0 Å². The van der Waals surface area contributed by atoms with Gasteiger partial charge in [-0.05, 0) is 55.4 Å². The fourth-order valence-electron chi connectivity index (χ4n) is 3.08. The van der Waals surface area contributed by atoms with Crippen LogP contribution in [0.3, 0.4) is 0 Å². The van der Waals surface area contributed by atoms with Crippen LogP contribution in [0.1, 0.15) is 61.8 Å². The molecule has 0 aromatic carbocycles. The Bertz CT molecular complexity index is 561. The van der Waals surface area contributed by atoms with E-state index in [0.29, 0.717) is 6.61 Å². The van der Waals surface area contributed by atoms with Crippen LogP contribution in [-0.4, -0.2) is 80.1 Å². The van der Waals surface area contributed by atoms with Gasteiger partial charge in [0, 0.05) is 27.2 Å². The number of hydrogen-bond acceptors (Lipinski definition) is 10. The monoisotopic (exact) mass is 506 g/mol. The highest BCUT2D eigenvalue weighted by atomic mass is 31.2. The average molecular weight is 507 g/mol. The van der Waals surface area contributed by atoms with Crippen LogP contribution < -0.4 is 0 Å². The molecule has 13 heteroatoms. The molecule has 0 heterocycles. The zero-order valence-corrected chi connectivity index (χ0v) is 22.3. The smallest absolute Gasteiger partial charge is 0.356 e. The summed E-state index contributed by atoms with van der Waals surface area (Å²) in [6, 6.07) is 0. The molecule has 0 aliphatic carbocycles. The average Bonchev–Trinajstić information content (AvgIpc) is 2.65. The van der Waals surface area contributed by atoms with Gasteiger partial charge in [-0.1, -0.05) is 0 Å². The van der Waals surface area contributed by atoms with Gasteiger partial charge in [-0.25, -0.2) is 4.57 Å². The van der Waals surface area contributed by atoms with Crippen LogP contribution in [0, 0.1) is 0 Å². The van der Waals surface area contributed by atoms with E-state index in [0.717, 1.165) is 0 Å². The Hall–Kier alpha value is -0.210. The molecule has 33 heavy (non-hydrogen) atoms. The van der Waals surface area contributed by atoms with E-state index in [4.69, 9.17) is 42.4 Å². The van der Waals surface area contributed by atoms with Gasteiger partial charge in [-0.15, -0.1) is 0 Å². The van der Waals surface area contributed by atoms with Gasteiger partial charge >= 0.3 is 7.82 Å². The highest BCUT2D eigenvalue weighted by Crippen LogP contribution is 2.46. The van der Waals surface area contributed by atoms with Crippen molar-refractivity contribution in [2.24, 2.45) is 0 Å². The lowest BCUT2D eigenvalue weighted by Crippen LogP contribution is -2.52. The molecule has 0 aromatic heterocycles. The number of methoxy groups -OCH3 is 2. The summed E-state index contributed by atoms with van der Waals surface area (Å²) in [5.74, 6) is -1.96. The number of phosphoric acid groups is 1. The molecule has 8 atom stereocenters. The largest absolute Gasteiger partial charge is 0.472 e. The van der Waals surface area contributed by atoms with Gasteiger partial charge < -0.3 is 47.7 Å². The number of hydrogen-bond donors (Lipinski definition) is 2. The van der Waals surface area contributed by atoms with Gasteiger partial charge in [0.15, 0.2) is 31.5 Å². The second kappa shape index (κ2) is 15.7. The maximum absolute atomic E-state index is 12.0. The van der Waals surface area contributed by atoms with Crippen LogP contribution in [0.25, 0.3) is 0 Å². The molecule has 0 saturated heterocycles. The molecule has 0 bridgehead atoms. The Morgan fingerprint density at radius 2 is 1.24 bits per heavy atom. The minimum Gasteiger partial charge on any atom is -0.356 e. The Kier molecular flexibility index (Phi) is 15.6.